The van der Waals surface area contributed by atoms with Crippen LogP contribution in [-0.4, -0.2) is 5.97 Å². The summed E-state index contributed by atoms with van der Waals surface area (Å²) >= 11 is 6.19. The second kappa shape index (κ2) is 11.3. The van der Waals surface area contributed by atoms with Crippen LogP contribution in [0.4, 0.5) is 4.39 Å². The van der Waals surface area contributed by atoms with Gasteiger partial charge in [-0.1, -0.05) is 80.1 Å². The first-order valence-corrected chi connectivity index (χ1v) is 10.8. The van der Waals surface area contributed by atoms with Crippen LogP contribution in [0.15, 0.2) is 78.9 Å². The number of nitriles is 1. The van der Waals surface area contributed by atoms with Crippen molar-refractivity contribution in [1.82, 2.24) is 0 Å². The van der Waals surface area contributed by atoms with Gasteiger partial charge in [-0.15, -0.1) is 0 Å². The monoisotopic (exact) mass is 463 g/mol. The molecule has 3 aromatic carbocycles. The van der Waals surface area contributed by atoms with Crippen LogP contribution in [0.3, 0.4) is 0 Å². The van der Waals surface area contributed by atoms with Crippen molar-refractivity contribution in [3.05, 3.63) is 101 Å². The summed E-state index contributed by atoms with van der Waals surface area (Å²) in [6, 6.07) is 21.9. The van der Waals surface area contributed by atoms with Crippen molar-refractivity contribution in [3.8, 4) is 17.6 Å². The van der Waals surface area contributed by atoms with Crippen LogP contribution in [0.5, 0.6) is 11.5 Å². The van der Waals surface area contributed by atoms with Gasteiger partial charge in [0, 0.05) is 10.6 Å². The lowest BCUT2D eigenvalue weighted by Crippen LogP contribution is -2.22. The van der Waals surface area contributed by atoms with Gasteiger partial charge in [-0.25, -0.2) is 4.39 Å². The maximum absolute atomic E-state index is 14.3. The summed E-state index contributed by atoms with van der Waals surface area (Å²) < 4.78 is 25.4. The minimum Gasteiger partial charge on any atom is -0.454 e. The van der Waals surface area contributed by atoms with E-state index in [2.05, 4.69) is 0 Å². The summed E-state index contributed by atoms with van der Waals surface area (Å²) in [4.78, 5) is 12.9. The molecule has 2 unspecified atom stereocenters. The van der Waals surface area contributed by atoms with E-state index in [4.69, 9.17) is 21.1 Å². The maximum Gasteiger partial charge on any atom is 0.314 e. The zero-order chi connectivity index (χ0) is 23.8. The van der Waals surface area contributed by atoms with E-state index in [0.717, 1.165) is 5.56 Å². The van der Waals surface area contributed by atoms with Crippen molar-refractivity contribution in [3.63, 3.8) is 0 Å². The summed E-state index contributed by atoms with van der Waals surface area (Å²) in [6.07, 6.45) is 2.27. The van der Waals surface area contributed by atoms with E-state index in [-0.39, 0.29) is 11.7 Å². The Labute approximate surface area is 197 Å². The number of hydrogen-bond donors (Lipinski definition) is 0. The van der Waals surface area contributed by atoms with Gasteiger partial charge in [0.25, 0.3) is 0 Å². The molecule has 0 aliphatic heterocycles. The Balaban J connectivity index is 1.78. The zero-order valence-corrected chi connectivity index (χ0v) is 19.0. The van der Waals surface area contributed by atoms with Gasteiger partial charge in [-0.3, -0.25) is 4.79 Å². The molecule has 3 rings (SSSR count). The summed E-state index contributed by atoms with van der Waals surface area (Å²) in [5.74, 6) is -1.45. The van der Waals surface area contributed by atoms with Crippen LogP contribution in [-0.2, 0) is 9.53 Å². The van der Waals surface area contributed by atoms with Crippen LogP contribution in [0.25, 0.3) is 6.08 Å². The van der Waals surface area contributed by atoms with Gasteiger partial charge in [-0.05, 0) is 41.8 Å². The summed E-state index contributed by atoms with van der Waals surface area (Å²) in [5, 5.41) is 10.2. The zero-order valence-electron chi connectivity index (χ0n) is 18.2. The molecule has 0 bridgehead atoms. The topological polar surface area (TPSA) is 59.3 Å². The molecule has 168 valence electrons. The molecule has 0 aromatic heterocycles. The molecule has 0 N–H and O–H groups in total. The molecule has 0 heterocycles. The van der Waals surface area contributed by atoms with Gasteiger partial charge in [0.15, 0.2) is 11.6 Å². The maximum atomic E-state index is 14.3. The SMILES string of the molecule is CC(C)C(/C=C/c1ccccc1Cl)C(=O)OC(C#N)c1ccc(F)c(Oc2ccccc2)c1. The highest BCUT2D eigenvalue weighted by Gasteiger charge is 2.26. The van der Waals surface area contributed by atoms with Crippen LogP contribution < -0.4 is 4.74 Å². The van der Waals surface area contributed by atoms with Crippen molar-refractivity contribution in [2.24, 2.45) is 11.8 Å². The molecule has 0 saturated carbocycles. The van der Waals surface area contributed by atoms with E-state index >= 15 is 0 Å². The van der Waals surface area contributed by atoms with Crippen LogP contribution in [0.2, 0.25) is 5.02 Å². The van der Waals surface area contributed by atoms with Crippen molar-refractivity contribution in [1.29, 1.82) is 5.26 Å². The normalized spacial score (nSPS) is 12.8. The largest absolute Gasteiger partial charge is 0.454 e. The molecule has 0 fully saturated rings. The standard InChI is InChI=1S/C27H23ClFNO3/c1-18(2)22(14-12-19-8-6-7-11-23(19)28)27(31)33-26(17-30)20-13-15-24(29)25(16-20)32-21-9-4-3-5-10-21/h3-16,18,22,26H,1-2H3/b14-12+. The summed E-state index contributed by atoms with van der Waals surface area (Å²) in [7, 11) is 0. The third-order valence-electron chi connectivity index (χ3n) is 4.96. The number of para-hydroxylation sites is 1. The first-order valence-electron chi connectivity index (χ1n) is 10.4. The summed E-state index contributed by atoms with van der Waals surface area (Å²) in [6.45, 7) is 3.77. The highest BCUT2D eigenvalue weighted by atomic mass is 35.5. The number of esters is 1. The number of halogens is 2. The van der Waals surface area contributed by atoms with Gasteiger partial charge in [0.05, 0.1) is 5.92 Å². The fraction of sp³-hybridized carbons (Fsp3) is 0.185. The number of rotatable bonds is 8. The van der Waals surface area contributed by atoms with Gasteiger partial charge in [0.2, 0.25) is 6.10 Å². The second-order valence-electron chi connectivity index (χ2n) is 7.70. The minimum absolute atomic E-state index is 0.0611. The number of nitrogens with zero attached hydrogens (tertiary/aromatic N) is 1. The Hall–Kier alpha value is -3.62. The fourth-order valence-corrected chi connectivity index (χ4v) is 3.33. The molecule has 0 amide bonds. The third kappa shape index (κ3) is 6.44. The highest BCUT2D eigenvalue weighted by molar-refractivity contribution is 6.32. The lowest BCUT2D eigenvalue weighted by atomic mass is 9.94. The van der Waals surface area contributed by atoms with Gasteiger partial charge in [-0.2, -0.15) is 5.26 Å². The molecule has 0 saturated heterocycles. The molecule has 33 heavy (non-hydrogen) atoms. The molecule has 0 spiro atoms. The molecule has 4 nitrogen and oxygen atoms in total. The first kappa shape index (κ1) is 24.0. The summed E-state index contributed by atoms with van der Waals surface area (Å²) in [5.41, 5.74) is 1.09. The predicted octanol–water partition coefficient (Wildman–Crippen LogP) is 7.36. The number of hydrogen-bond acceptors (Lipinski definition) is 4. The average Bonchev–Trinajstić information content (AvgIpc) is 2.81. The van der Waals surface area contributed by atoms with E-state index in [0.29, 0.717) is 16.3 Å². The molecule has 3 aromatic rings. The van der Waals surface area contributed by atoms with Gasteiger partial charge < -0.3 is 9.47 Å². The highest BCUT2D eigenvalue weighted by Crippen LogP contribution is 2.30. The van der Waals surface area contributed by atoms with Crippen molar-refractivity contribution in [2.45, 2.75) is 20.0 Å². The Kier molecular flexibility index (Phi) is 8.23. The number of carbonyl (C=O) groups is 1. The van der Waals surface area contributed by atoms with E-state index in [9.17, 15) is 14.4 Å². The molecule has 0 aliphatic rings. The second-order valence-corrected chi connectivity index (χ2v) is 8.11. The quantitative estimate of drug-likeness (QED) is 0.327. The third-order valence-corrected chi connectivity index (χ3v) is 5.30. The number of ether oxygens (including phenoxy) is 2. The van der Waals surface area contributed by atoms with E-state index < -0.39 is 23.8 Å². The molecule has 6 heteroatoms. The Morgan fingerprint density at radius 2 is 1.76 bits per heavy atom. The van der Waals surface area contributed by atoms with Crippen molar-refractivity contribution < 1.29 is 18.7 Å². The van der Waals surface area contributed by atoms with E-state index in [1.165, 1.54) is 18.2 Å². The smallest absolute Gasteiger partial charge is 0.314 e. The van der Waals surface area contributed by atoms with Crippen LogP contribution in [0, 0.1) is 29.0 Å². The number of benzene rings is 3. The molecular formula is C27H23ClFNO3. The number of carbonyl (C=O) groups excluding carboxylic acids is 1. The van der Waals surface area contributed by atoms with E-state index in [1.54, 1.807) is 42.5 Å². The van der Waals surface area contributed by atoms with Crippen molar-refractivity contribution in [2.75, 3.05) is 0 Å². The first-order chi connectivity index (χ1) is 15.9. The molecular weight excluding hydrogens is 441 g/mol. The lowest BCUT2D eigenvalue weighted by Gasteiger charge is -2.19. The van der Waals surface area contributed by atoms with Crippen molar-refractivity contribution >= 4 is 23.6 Å². The fourth-order valence-electron chi connectivity index (χ4n) is 3.13. The minimum atomic E-state index is -1.22. The van der Waals surface area contributed by atoms with Gasteiger partial charge >= 0.3 is 5.97 Å². The Bertz CT molecular complexity index is 1170. The van der Waals surface area contributed by atoms with Gasteiger partial charge in [0.1, 0.15) is 11.8 Å². The Morgan fingerprint density at radius 1 is 1.06 bits per heavy atom. The average molecular weight is 464 g/mol. The molecule has 0 aliphatic carbocycles. The predicted molar refractivity (Wildman–Crippen MR) is 126 cm³/mol. The molecule has 2 atom stereocenters. The van der Waals surface area contributed by atoms with Crippen LogP contribution >= 0.6 is 11.6 Å². The molecule has 0 radical (unpaired) electrons. The van der Waals surface area contributed by atoms with Crippen LogP contribution in [0.1, 0.15) is 31.1 Å². The lowest BCUT2D eigenvalue weighted by molar-refractivity contribution is -0.151. The van der Waals surface area contributed by atoms with E-state index in [1.807, 2.05) is 44.2 Å². The Morgan fingerprint density at radius 3 is 2.42 bits per heavy atom.